The Kier molecular flexibility index (Phi) is 3.54. The van der Waals surface area contributed by atoms with E-state index >= 15 is 0 Å². The number of thiol groups is 1. The molecule has 0 radical (unpaired) electrons. The first kappa shape index (κ1) is 12.2. The van der Waals surface area contributed by atoms with E-state index in [1.54, 1.807) is 6.07 Å². The summed E-state index contributed by atoms with van der Waals surface area (Å²) >= 11 is 5.58. The van der Waals surface area contributed by atoms with Gasteiger partial charge in [-0.3, -0.25) is 4.79 Å². The van der Waals surface area contributed by atoms with Crippen molar-refractivity contribution < 1.29 is 4.79 Å². The normalized spacial score (nSPS) is 10.3. The molecule has 0 unspecified atom stereocenters. The molecular formula is C13H13NOS2. The van der Waals surface area contributed by atoms with Crippen LogP contribution in [0.4, 0.5) is 5.69 Å². The number of carbonyl (C=O) groups excluding carboxylic acids is 1. The van der Waals surface area contributed by atoms with Crippen molar-refractivity contribution in [3.05, 3.63) is 45.6 Å². The van der Waals surface area contributed by atoms with Crippen LogP contribution in [0, 0.1) is 13.8 Å². The molecule has 4 heteroatoms. The number of nitrogens with one attached hydrogen (secondary N) is 1. The van der Waals surface area contributed by atoms with Crippen LogP contribution in [0.15, 0.2) is 34.5 Å². The van der Waals surface area contributed by atoms with Crippen molar-refractivity contribution in [1.82, 2.24) is 0 Å². The van der Waals surface area contributed by atoms with E-state index in [9.17, 15) is 4.79 Å². The fraction of sp³-hybridized carbons (Fsp3) is 0.154. The number of benzene rings is 1. The summed E-state index contributed by atoms with van der Waals surface area (Å²) in [6, 6.07) is 7.66. The molecule has 1 N–H and O–H groups in total. The molecule has 0 aliphatic heterocycles. The van der Waals surface area contributed by atoms with Crippen molar-refractivity contribution in [2.24, 2.45) is 0 Å². The Bertz CT molecular complexity index is 560. The number of rotatable bonds is 2. The molecule has 0 aliphatic rings. The van der Waals surface area contributed by atoms with Crippen LogP contribution >= 0.6 is 24.0 Å². The van der Waals surface area contributed by atoms with Crippen molar-refractivity contribution in [2.75, 3.05) is 5.32 Å². The molecule has 0 saturated carbocycles. The Hall–Kier alpha value is -1.26. The summed E-state index contributed by atoms with van der Waals surface area (Å²) < 4.78 is 0. The highest BCUT2D eigenvalue weighted by Gasteiger charge is 2.08. The summed E-state index contributed by atoms with van der Waals surface area (Å²) in [7, 11) is 0. The van der Waals surface area contributed by atoms with Gasteiger partial charge in [-0.15, -0.1) is 24.0 Å². The zero-order valence-corrected chi connectivity index (χ0v) is 11.4. The average molecular weight is 263 g/mol. The van der Waals surface area contributed by atoms with Crippen LogP contribution in [-0.2, 0) is 0 Å². The molecule has 1 heterocycles. The Morgan fingerprint density at radius 1 is 1.24 bits per heavy atom. The van der Waals surface area contributed by atoms with E-state index in [1.165, 1.54) is 22.5 Å². The summed E-state index contributed by atoms with van der Waals surface area (Å²) in [6.07, 6.45) is 0. The molecule has 0 saturated heterocycles. The highest BCUT2D eigenvalue weighted by atomic mass is 32.1. The van der Waals surface area contributed by atoms with E-state index in [1.807, 2.05) is 37.4 Å². The smallest absolute Gasteiger partial charge is 0.265 e. The van der Waals surface area contributed by atoms with Gasteiger partial charge in [0.25, 0.3) is 5.91 Å². The third-order valence-corrected chi connectivity index (χ3v) is 3.94. The van der Waals surface area contributed by atoms with Gasteiger partial charge in [-0.25, -0.2) is 0 Å². The Balaban J connectivity index is 2.15. The predicted molar refractivity (Wildman–Crippen MR) is 75.4 cm³/mol. The standard InChI is InChI=1S/C13H13NOS2/c1-8-3-4-10(5-9(8)2)14-13(15)12-6-11(16)7-17-12/h3-7,16H,1-2H3,(H,14,15). The maximum Gasteiger partial charge on any atom is 0.265 e. The molecular weight excluding hydrogens is 250 g/mol. The van der Waals surface area contributed by atoms with Gasteiger partial charge < -0.3 is 5.32 Å². The number of amides is 1. The lowest BCUT2D eigenvalue weighted by molar-refractivity contribution is 0.103. The molecule has 0 fully saturated rings. The molecule has 1 aromatic carbocycles. The summed E-state index contributed by atoms with van der Waals surface area (Å²) in [5.74, 6) is -0.0847. The molecule has 1 aromatic heterocycles. The molecule has 0 aliphatic carbocycles. The van der Waals surface area contributed by atoms with Gasteiger partial charge in [0.1, 0.15) is 0 Å². The number of aryl methyl sites for hydroxylation is 2. The molecule has 2 rings (SSSR count). The van der Waals surface area contributed by atoms with Crippen molar-refractivity contribution >= 4 is 35.6 Å². The molecule has 1 amide bonds. The topological polar surface area (TPSA) is 29.1 Å². The number of hydrogen-bond donors (Lipinski definition) is 2. The maximum atomic E-state index is 11.9. The first-order chi connectivity index (χ1) is 8.06. The van der Waals surface area contributed by atoms with Gasteiger partial charge in [0, 0.05) is 16.0 Å². The maximum absolute atomic E-state index is 11.9. The fourth-order valence-corrected chi connectivity index (χ4v) is 2.50. The second kappa shape index (κ2) is 4.94. The van der Waals surface area contributed by atoms with Crippen LogP contribution in [0.1, 0.15) is 20.8 Å². The van der Waals surface area contributed by atoms with Gasteiger partial charge in [-0.1, -0.05) is 6.07 Å². The lowest BCUT2D eigenvalue weighted by Gasteiger charge is -2.06. The summed E-state index contributed by atoms with van der Waals surface area (Å²) in [6.45, 7) is 4.08. The fourth-order valence-electron chi connectivity index (χ4n) is 1.46. The molecule has 2 aromatic rings. The number of anilines is 1. The van der Waals surface area contributed by atoms with Gasteiger partial charge in [0.2, 0.25) is 0 Å². The SMILES string of the molecule is Cc1ccc(NC(=O)c2cc(S)cs2)cc1C. The third kappa shape index (κ3) is 2.90. The van der Waals surface area contributed by atoms with Gasteiger partial charge in [0.05, 0.1) is 4.88 Å². The summed E-state index contributed by atoms with van der Waals surface area (Å²) in [5.41, 5.74) is 3.22. The minimum Gasteiger partial charge on any atom is -0.321 e. The first-order valence-corrected chi connectivity index (χ1v) is 6.55. The Morgan fingerprint density at radius 2 is 2.00 bits per heavy atom. The third-order valence-electron chi connectivity index (χ3n) is 2.57. The molecule has 2 nitrogen and oxygen atoms in total. The van der Waals surface area contributed by atoms with Crippen LogP contribution in [0.2, 0.25) is 0 Å². The van der Waals surface area contributed by atoms with Gasteiger partial charge in [-0.2, -0.15) is 0 Å². The molecule has 88 valence electrons. The first-order valence-electron chi connectivity index (χ1n) is 5.22. The Labute approximate surface area is 110 Å². The molecule has 0 spiro atoms. The van der Waals surface area contributed by atoms with E-state index in [2.05, 4.69) is 17.9 Å². The molecule has 0 bridgehead atoms. The van der Waals surface area contributed by atoms with Crippen LogP contribution < -0.4 is 5.32 Å². The monoisotopic (exact) mass is 263 g/mol. The molecule has 17 heavy (non-hydrogen) atoms. The summed E-state index contributed by atoms with van der Waals surface area (Å²) in [5, 5.41) is 4.72. The highest BCUT2D eigenvalue weighted by Crippen LogP contribution is 2.20. The number of hydrogen-bond acceptors (Lipinski definition) is 3. The van der Waals surface area contributed by atoms with Crippen molar-refractivity contribution in [1.29, 1.82) is 0 Å². The van der Waals surface area contributed by atoms with Gasteiger partial charge in [0.15, 0.2) is 0 Å². The predicted octanol–water partition coefficient (Wildman–Crippen LogP) is 3.91. The summed E-state index contributed by atoms with van der Waals surface area (Å²) in [4.78, 5) is 13.4. The quantitative estimate of drug-likeness (QED) is 0.790. The van der Waals surface area contributed by atoms with Gasteiger partial charge in [-0.05, 0) is 43.2 Å². The molecule has 0 atom stereocenters. The average Bonchev–Trinajstić information content (AvgIpc) is 2.70. The zero-order chi connectivity index (χ0) is 12.4. The minimum absolute atomic E-state index is 0.0847. The van der Waals surface area contributed by atoms with E-state index in [4.69, 9.17) is 0 Å². The van der Waals surface area contributed by atoms with Crippen molar-refractivity contribution in [3.8, 4) is 0 Å². The van der Waals surface area contributed by atoms with Crippen molar-refractivity contribution in [3.63, 3.8) is 0 Å². The zero-order valence-electron chi connectivity index (χ0n) is 9.65. The lowest BCUT2D eigenvalue weighted by Crippen LogP contribution is -2.10. The number of thiophene rings is 1. The minimum atomic E-state index is -0.0847. The van der Waals surface area contributed by atoms with Crippen LogP contribution in [-0.4, -0.2) is 5.91 Å². The van der Waals surface area contributed by atoms with Gasteiger partial charge >= 0.3 is 0 Å². The van der Waals surface area contributed by atoms with E-state index < -0.39 is 0 Å². The number of carbonyl (C=O) groups is 1. The van der Waals surface area contributed by atoms with Crippen LogP contribution in [0.5, 0.6) is 0 Å². The van der Waals surface area contributed by atoms with Crippen molar-refractivity contribution in [2.45, 2.75) is 18.7 Å². The lowest BCUT2D eigenvalue weighted by atomic mass is 10.1. The van der Waals surface area contributed by atoms with Crippen LogP contribution in [0.25, 0.3) is 0 Å². The van der Waals surface area contributed by atoms with Crippen LogP contribution in [0.3, 0.4) is 0 Å². The highest BCUT2D eigenvalue weighted by molar-refractivity contribution is 7.80. The second-order valence-electron chi connectivity index (χ2n) is 3.92. The largest absolute Gasteiger partial charge is 0.321 e. The second-order valence-corrected chi connectivity index (χ2v) is 5.35. The Morgan fingerprint density at radius 3 is 2.59 bits per heavy atom. The van der Waals surface area contributed by atoms with E-state index in [0.29, 0.717) is 4.88 Å². The van der Waals surface area contributed by atoms with E-state index in [-0.39, 0.29) is 5.91 Å². The van der Waals surface area contributed by atoms with E-state index in [0.717, 1.165) is 10.6 Å².